The molecule has 3 rings (SSSR count). The average Bonchev–Trinajstić information content (AvgIpc) is 2.99. The first-order valence-electron chi connectivity index (χ1n) is 6.09. The topological polar surface area (TPSA) is 87.6 Å². The van der Waals surface area contributed by atoms with Crippen molar-refractivity contribution in [3.8, 4) is 0 Å². The molecule has 6 nitrogen and oxygen atoms in total. The molecule has 2 fully saturated rings. The van der Waals surface area contributed by atoms with Crippen LogP contribution in [0.2, 0.25) is 0 Å². The normalized spacial score (nSPS) is 26.1. The second-order valence-corrected chi connectivity index (χ2v) is 5.66. The van der Waals surface area contributed by atoms with Gasteiger partial charge in [0.15, 0.2) is 0 Å². The highest BCUT2D eigenvalue weighted by atomic mass is 32.1. The lowest BCUT2D eigenvalue weighted by atomic mass is 10.00. The van der Waals surface area contributed by atoms with E-state index >= 15 is 0 Å². The molecular formula is C12H12N2O4S. The van der Waals surface area contributed by atoms with Gasteiger partial charge in [0.1, 0.15) is 10.6 Å². The number of hydrogen-bond donors (Lipinski definition) is 1. The smallest absolute Gasteiger partial charge is 0.340 e. The van der Waals surface area contributed by atoms with E-state index in [-0.39, 0.29) is 34.2 Å². The van der Waals surface area contributed by atoms with E-state index < -0.39 is 5.97 Å². The number of anilines is 1. The Hall–Kier alpha value is -1.76. The number of aryl methyl sites for hydroxylation is 1. The van der Waals surface area contributed by atoms with E-state index in [1.54, 1.807) is 6.92 Å². The van der Waals surface area contributed by atoms with Gasteiger partial charge in [0.2, 0.25) is 11.8 Å². The van der Waals surface area contributed by atoms with E-state index in [2.05, 4.69) is 4.37 Å². The van der Waals surface area contributed by atoms with Crippen LogP contribution in [0.3, 0.4) is 0 Å². The number of fused-ring (bicyclic) bond motifs is 1. The lowest BCUT2D eigenvalue weighted by molar-refractivity contribution is -0.122. The molecule has 1 saturated heterocycles. The fourth-order valence-electron chi connectivity index (χ4n) is 2.95. The Kier molecular flexibility index (Phi) is 2.67. The number of amides is 2. The van der Waals surface area contributed by atoms with Crippen molar-refractivity contribution in [2.45, 2.75) is 26.2 Å². The minimum Gasteiger partial charge on any atom is -0.478 e. The van der Waals surface area contributed by atoms with Gasteiger partial charge in [0.05, 0.1) is 17.5 Å². The Morgan fingerprint density at radius 2 is 1.89 bits per heavy atom. The summed E-state index contributed by atoms with van der Waals surface area (Å²) in [5.74, 6) is -2.22. The van der Waals surface area contributed by atoms with E-state index in [4.69, 9.17) is 0 Å². The van der Waals surface area contributed by atoms with E-state index in [0.717, 1.165) is 22.9 Å². The summed E-state index contributed by atoms with van der Waals surface area (Å²) in [5, 5.41) is 9.35. The fraction of sp³-hybridized carbons (Fsp3) is 0.500. The van der Waals surface area contributed by atoms with Gasteiger partial charge in [0.25, 0.3) is 0 Å². The van der Waals surface area contributed by atoms with Crippen LogP contribution < -0.4 is 4.90 Å². The number of aromatic nitrogens is 1. The van der Waals surface area contributed by atoms with Crippen LogP contribution in [-0.4, -0.2) is 27.3 Å². The second kappa shape index (κ2) is 4.12. The van der Waals surface area contributed by atoms with E-state index in [1.807, 2.05) is 0 Å². The molecule has 1 aliphatic carbocycles. The summed E-state index contributed by atoms with van der Waals surface area (Å²) in [6.45, 7) is 1.56. The fourth-order valence-corrected chi connectivity index (χ4v) is 3.85. The lowest BCUT2D eigenvalue weighted by Gasteiger charge is -2.13. The van der Waals surface area contributed by atoms with E-state index in [0.29, 0.717) is 18.5 Å². The van der Waals surface area contributed by atoms with Crippen LogP contribution in [0.25, 0.3) is 0 Å². The predicted molar refractivity (Wildman–Crippen MR) is 67.1 cm³/mol. The summed E-state index contributed by atoms with van der Waals surface area (Å²) >= 11 is 0.901. The molecule has 2 amide bonds. The summed E-state index contributed by atoms with van der Waals surface area (Å²) in [6.07, 6.45) is 2.31. The lowest BCUT2D eigenvalue weighted by Crippen LogP contribution is -2.32. The van der Waals surface area contributed by atoms with Crippen molar-refractivity contribution in [2.75, 3.05) is 4.90 Å². The van der Waals surface area contributed by atoms with E-state index in [1.165, 1.54) is 0 Å². The molecule has 1 aliphatic heterocycles. The largest absolute Gasteiger partial charge is 0.478 e. The van der Waals surface area contributed by atoms with Crippen LogP contribution in [-0.2, 0) is 9.59 Å². The number of carboxylic acids is 1. The quantitative estimate of drug-likeness (QED) is 0.828. The van der Waals surface area contributed by atoms with Gasteiger partial charge in [-0.15, -0.1) is 0 Å². The van der Waals surface area contributed by atoms with Crippen molar-refractivity contribution in [3.05, 3.63) is 11.3 Å². The number of rotatable bonds is 2. The molecule has 0 spiro atoms. The molecule has 2 heterocycles. The predicted octanol–water partition coefficient (Wildman–Crippen LogP) is 1.44. The van der Waals surface area contributed by atoms with Gasteiger partial charge < -0.3 is 5.11 Å². The molecule has 1 aromatic rings. The standard InChI is InChI=1S/C12H12N2O4S/c1-5-8(12(17)18)11(19-13-5)14-9(15)6-3-2-4-7(6)10(14)16/h6-7H,2-4H2,1H3,(H,17,18). The van der Waals surface area contributed by atoms with Crippen LogP contribution in [0.1, 0.15) is 35.3 Å². The average molecular weight is 280 g/mol. The summed E-state index contributed by atoms with van der Waals surface area (Å²) in [7, 11) is 0. The van der Waals surface area contributed by atoms with Gasteiger partial charge in [-0.05, 0) is 31.3 Å². The van der Waals surface area contributed by atoms with Crippen molar-refractivity contribution in [1.29, 1.82) is 0 Å². The van der Waals surface area contributed by atoms with Gasteiger partial charge in [-0.2, -0.15) is 4.37 Å². The number of carbonyl (C=O) groups excluding carboxylic acids is 2. The summed E-state index contributed by atoms with van der Waals surface area (Å²) in [6, 6.07) is 0. The van der Waals surface area contributed by atoms with Crippen LogP contribution in [0, 0.1) is 18.8 Å². The maximum Gasteiger partial charge on any atom is 0.340 e. The van der Waals surface area contributed by atoms with E-state index in [9.17, 15) is 19.5 Å². The number of carbonyl (C=O) groups is 3. The third-order valence-corrected chi connectivity index (χ3v) is 4.78. The molecule has 2 unspecified atom stereocenters. The number of imide groups is 1. The maximum absolute atomic E-state index is 12.3. The molecule has 2 atom stereocenters. The Labute approximate surface area is 113 Å². The molecule has 7 heteroatoms. The Morgan fingerprint density at radius 1 is 1.32 bits per heavy atom. The molecule has 1 aromatic heterocycles. The number of nitrogens with zero attached hydrogens (tertiary/aromatic N) is 2. The second-order valence-electron chi connectivity index (χ2n) is 4.91. The van der Waals surface area contributed by atoms with Crippen LogP contribution in [0.15, 0.2) is 0 Å². The highest BCUT2D eigenvalue weighted by molar-refractivity contribution is 7.11. The zero-order chi connectivity index (χ0) is 13.7. The maximum atomic E-state index is 12.3. The number of hydrogen-bond acceptors (Lipinski definition) is 5. The molecule has 0 bridgehead atoms. The van der Waals surface area contributed by atoms with Gasteiger partial charge in [0, 0.05) is 0 Å². The van der Waals surface area contributed by atoms with Crippen LogP contribution >= 0.6 is 11.5 Å². The zero-order valence-electron chi connectivity index (χ0n) is 10.3. The summed E-state index contributed by atoms with van der Waals surface area (Å²) < 4.78 is 3.96. The Bertz CT molecular complexity index is 573. The Balaban J connectivity index is 2.06. The van der Waals surface area contributed by atoms with Gasteiger partial charge in [-0.25, -0.2) is 9.69 Å². The molecule has 0 aromatic carbocycles. The Morgan fingerprint density at radius 3 is 2.42 bits per heavy atom. The van der Waals surface area contributed by atoms with Crippen molar-refractivity contribution in [2.24, 2.45) is 11.8 Å². The monoisotopic (exact) mass is 280 g/mol. The first-order chi connectivity index (χ1) is 9.02. The molecule has 2 aliphatic rings. The minimum atomic E-state index is -1.15. The van der Waals surface area contributed by atoms with Crippen molar-refractivity contribution < 1.29 is 19.5 Å². The number of carboxylic acid groups (broad SMARTS) is 1. The van der Waals surface area contributed by atoms with Crippen molar-refractivity contribution in [3.63, 3.8) is 0 Å². The minimum absolute atomic E-state index is 0.0355. The van der Waals surface area contributed by atoms with Crippen LogP contribution in [0.4, 0.5) is 5.00 Å². The summed E-state index contributed by atoms with van der Waals surface area (Å²) in [4.78, 5) is 36.8. The third kappa shape index (κ3) is 1.61. The summed E-state index contributed by atoms with van der Waals surface area (Å²) in [5.41, 5.74) is 0.303. The van der Waals surface area contributed by atoms with Gasteiger partial charge >= 0.3 is 5.97 Å². The first kappa shape index (κ1) is 12.3. The third-order valence-electron chi connectivity index (χ3n) is 3.85. The molecule has 19 heavy (non-hydrogen) atoms. The zero-order valence-corrected chi connectivity index (χ0v) is 11.1. The molecule has 100 valence electrons. The number of aromatic carboxylic acids is 1. The highest BCUT2D eigenvalue weighted by Gasteiger charge is 2.51. The molecular weight excluding hydrogens is 268 g/mol. The molecule has 0 radical (unpaired) electrons. The van der Waals surface area contributed by atoms with Crippen molar-refractivity contribution >= 4 is 34.3 Å². The van der Waals surface area contributed by atoms with Crippen molar-refractivity contribution in [1.82, 2.24) is 4.37 Å². The highest BCUT2D eigenvalue weighted by Crippen LogP contribution is 2.43. The van der Waals surface area contributed by atoms with Crippen LogP contribution in [0.5, 0.6) is 0 Å². The van der Waals surface area contributed by atoms with Gasteiger partial charge in [-0.3, -0.25) is 9.59 Å². The molecule has 1 N–H and O–H groups in total. The first-order valence-corrected chi connectivity index (χ1v) is 6.87. The SMILES string of the molecule is Cc1nsc(N2C(=O)C3CCCC3C2=O)c1C(=O)O. The van der Waals surface area contributed by atoms with Gasteiger partial charge in [-0.1, -0.05) is 6.42 Å². The molecule has 1 saturated carbocycles.